The van der Waals surface area contributed by atoms with Gasteiger partial charge in [0.05, 0.1) is 6.10 Å². The molecule has 0 amide bonds. The van der Waals surface area contributed by atoms with E-state index in [1.165, 1.54) is 32.1 Å². The fraction of sp³-hybridized carbons (Fsp3) is 1.00. The van der Waals surface area contributed by atoms with Crippen molar-refractivity contribution in [2.75, 3.05) is 7.05 Å². The number of hydrogen-bond acceptors (Lipinski definition) is 3. The molecule has 15 heavy (non-hydrogen) atoms. The molecule has 90 valence electrons. The van der Waals surface area contributed by atoms with Gasteiger partial charge in [-0.3, -0.25) is 4.90 Å². The Morgan fingerprint density at radius 1 is 1.13 bits per heavy atom. The van der Waals surface area contributed by atoms with Crippen LogP contribution in [0.4, 0.5) is 0 Å². The van der Waals surface area contributed by atoms with Gasteiger partial charge in [-0.25, -0.2) is 0 Å². The minimum absolute atomic E-state index is 0.00757. The zero-order chi connectivity index (χ0) is 11.3. The Balaban J connectivity index is 2.41. The van der Waals surface area contributed by atoms with Crippen LogP contribution in [0.15, 0.2) is 0 Å². The molecular formula is C12H25NOS. The van der Waals surface area contributed by atoms with Crippen molar-refractivity contribution < 1.29 is 4.74 Å². The van der Waals surface area contributed by atoms with Crippen LogP contribution < -0.4 is 0 Å². The lowest BCUT2D eigenvalue weighted by atomic mass is 10.00. The number of likely N-dealkylation sites (N-methyl/N-ethyl adjacent to an activating group) is 1. The highest BCUT2D eigenvalue weighted by molar-refractivity contribution is 7.80. The molecule has 3 heteroatoms. The molecule has 2 nitrogen and oxygen atoms in total. The lowest BCUT2D eigenvalue weighted by Gasteiger charge is -2.23. The molecule has 1 heterocycles. The monoisotopic (exact) mass is 231 g/mol. The van der Waals surface area contributed by atoms with Gasteiger partial charge in [0.25, 0.3) is 0 Å². The molecule has 0 N–H and O–H groups in total. The van der Waals surface area contributed by atoms with Crippen molar-refractivity contribution in [3.63, 3.8) is 0 Å². The first-order valence-corrected chi connectivity index (χ1v) is 6.77. The summed E-state index contributed by atoms with van der Waals surface area (Å²) >= 11 is 4.45. The minimum atomic E-state index is 0.00757. The van der Waals surface area contributed by atoms with Crippen molar-refractivity contribution in [1.29, 1.82) is 0 Å². The molecule has 0 radical (unpaired) electrons. The van der Waals surface area contributed by atoms with Crippen LogP contribution >= 0.6 is 12.6 Å². The highest BCUT2D eigenvalue weighted by Gasteiger charge is 2.36. The van der Waals surface area contributed by atoms with Crippen molar-refractivity contribution in [2.45, 2.75) is 70.1 Å². The van der Waals surface area contributed by atoms with E-state index in [9.17, 15) is 0 Å². The van der Waals surface area contributed by atoms with E-state index in [0.717, 1.165) is 6.42 Å². The van der Waals surface area contributed by atoms with Gasteiger partial charge in [0, 0.05) is 6.04 Å². The highest BCUT2D eigenvalue weighted by Crippen LogP contribution is 2.29. The number of thiol groups is 1. The van der Waals surface area contributed by atoms with Crippen molar-refractivity contribution in [3.8, 4) is 0 Å². The summed E-state index contributed by atoms with van der Waals surface area (Å²) < 4.78 is 5.85. The minimum Gasteiger partial charge on any atom is -0.349 e. The van der Waals surface area contributed by atoms with Gasteiger partial charge in [-0.2, -0.15) is 0 Å². The number of ether oxygens (including phenoxy) is 1. The van der Waals surface area contributed by atoms with E-state index in [0.29, 0.717) is 12.1 Å². The molecule has 1 aliphatic heterocycles. The Hall–Kier alpha value is 0.270. The van der Waals surface area contributed by atoms with Gasteiger partial charge in [0.2, 0.25) is 0 Å². The van der Waals surface area contributed by atoms with Gasteiger partial charge >= 0.3 is 0 Å². The first-order valence-electron chi connectivity index (χ1n) is 6.26. The van der Waals surface area contributed by atoms with E-state index in [2.05, 4.69) is 38.4 Å². The van der Waals surface area contributed by atoms with E-state index in [4.69, 9.17) is 4.74 Å². The van der Waals surface area contributed by atoms with Crippen molar-refractivity contribution in [3.05, 3.63) is 0 Å². The molecule has 1 aliphatic rings. The lowest BCUT2D eigenvalue weighted by molar-refractivity contribution is 0.0647. The summed E-state index contributed by atoms with van der Waals surface area (Å²) in [6.45, 7) is 4.47. The van der Waals surface area contributed by atoms with E-state index in [1.807, 2.05) is 0 Å². The smallest absolute Gasteiger partial charge is 0.156 e. The van der Waals surface area contributed by atoms with Crippen molar-refractivity contribution >= 4 is 12.6 Å². The Bertz CT molecular complexity index is 177. The van der Waals surface area contributed by atoms with Crippen LogP contribution in [0.5, 0.6) is 0 Å². The molecule has 0 saturated carbocycles. The molecular weight excluding hydrogens is 206 g/mol. The summed E-state index contributed by atoms with van der Waals surface area (Å²) in [5.41, 5.74) is 0.00757. The average molecular weight is 231 g/mol. The zero-order valence-corrected chi connectivity index (χ0v) is 11.2. The lowest BCUT2D eigenvalue weighted by Crippen LogP contribution is -2.34. The Kier molecular flexibility index (Phi) is 6.02. The molecule has 3 unspecified atom stereocenters. The molecule has 0 aromatic carbocycles. The molecule has 0 aliphatic carbocycles. The first-order chi connectivity index (χ1) is 7.20. The summed E-state index contributed by atoms with van der Waals surface area (Å²) in [5, 5.41) is 0. The van der Waals surface area contributed by atoms with E-state index in [-0.39, 0.29) is 5.56 Å². The number of nitrogens with zero attached hydrogens (tertiary/aromatic N) is 1. The van der Waals surface area contributed by atoms with Gasteiger partial charge in [-0.15, -0.1) is 12.6 Å². The summed E-state index contributed by atoms with van der Waals surface area (Å²) in [7, 11) is 2.13. The van der Waals surface area contributed by atoms with Crippen LogP contribution in [0.3, 0.4) is 0 Å². The van der Waals surface area contributed by atoms with Gasteiger partial charge < -0.3 is 4.74 Å². The predicted octanol–water partition coefficient (Wildman–Crippen LogP) is 3.28. The van der Waals surface area contributed by atoms with Crippen LogP contribution in [-0.4, -0.2) is 29.7 Å². The standard InChI is InChI=1S/C12H25NOS/c1-4-6-7-9-10-11(8-5-2)14-12(15)13(10)3/h10-12,15H,4-9H2,1-3H3. The van der Waals surface area contributed by atoms with E-state index < -0.39 is 0 Å². The molecule has 1 saturated heterocycles. The second-order valence-electron chi connectivity index (χ2n) is 4.52. The van der Waals surface area contributed by atoms with Crippen molar-refractivity contribution in [1.82, 2.24) is 4.90 Å². The molecule has 0 bridgehead atoms. The number of rotatable bonds is 6. The third-order valence-electron chi connectivity index (χ3n) is 3.27. The SMILES string of the molecule is CCCCCC1C(CCC)OC(S)N1C. The van der Waals surface area contributed by atoms with E-state index in [1.54, 1.807) is 0 Å². The topological polar surface area (TPSA) is 12.5 Å². The fourth-order valence-corrected chi connectivity index (χ4v) is 2.63. The van der Waals surface area contributed by atoms with Gasteiger partial charge in [-0.05, 0) is 19.9 Å². The molecule has 0 aromatic rings. The maximum atomic E-state index is 5.85. The maximum Gasteiger partial charge on any atom is 0.156 e. The second-order valence-corrected chi connectivity index (χ2v) is 4.96. The molecule has 3 atom stereocenters. The van der Waals surface area contributed by atoms with Crippen LogP contribution in [0.1, 0.15) is 52.4 Å². The quantitative estimate of drug-likeness (QED) is 0.556. The number of unbranched alkanes of at least 4 members (excludes halogenated alkanes) is 2. The van der Waals surface area contributed by atoms with Gasteiger partial charge in [0.15, 0.2) is 5.56 Å². The maximum absolute atomic E-state index is 5.85. The second kappa shape index (κ2) is 6.77. The Labute approximate surface area is 99.8 Å². The van der Waals surface area contributed by atoms with E-state index >= 15 is 0 Å². The Morgan fingerprint density at radius 2 is 1.87 bits per heavy atom. The van der Waals surface area contributed by atoms with Gasteiger partial charge in [0.1, 0.15) is 0 Å². The number of hydrogen-bond donors (Lipinski definition) is 1. The van der Waals surface area contributed by atoms with Crippen LogP contribution in [0.2, 0.25) is 0 Å². The summed E-state index contributed by atoms with van der Waals surface area (Å²) in [6.07, 6.45) is 7.96. The Morgan fingerprint density at radius 3 is 2.47 bits per heavy atom. The van der Waals surface area contributed by atoms with Crippen LogP contribution in [-0.2, 0) is 4.74 Å². The van der Waals surface area contributed by atoms with Crippen LogP contribution in [0.25, 0.3) is 0 Å². The molecule has 0 aromatic heterocycles. The summed E-state index contributed by atoms with van der Waals surface area (Å²) in [6, 6.07) is 0.582. The normalized spacial score (nSPS) is 32.4. The van der Waals surface area contributed by atoms with Crippen LogP contribution in [0, 0.1) is 0 Å². The largest absolute Gasteiger partial charge is 0.349 e. The average Bonchev–Trinajstić information content (AvgIpc) is 2.47. The summed E-state index contributed by atoms with van der Waals surface area (Å²) in [4.78, 5) is 2.28. The third-order valence-corrected chi connectivity index (χ3v) is 3.76. The molecule has 1 fully saturated rings. The molecule has 1 rings (SSSR count). The zero-order valence-electron chi connectivity index (χ0n) is 10.3. The predicted molar refractivity (Wildman–Crippen MR) is 68.2 cm³/mol. The summed E-state index contributed by atoms with van der Waals surface area (Å²) in [5.74, 6) is 0. The molecule has 0 spiro atoms. The third kappa shape index (κ3) is 3.65. The van der Waals surface area contributed by atoms with Gasteiger partial charge in [-0.1, -0.05) is 39.5 Å². The fourth-order valence-electron chi connectivity index (χ4n) is 2.31. The van der Waals surface area contributed by atoms with Crippen molar-refractivity contribution in [2.24, 2.45) is 0 Å². The first kappa shape index (κ1) is 13.3. The highest BCUT2D eigenvalue weighted by atomic mass is 32.1.